The Kier molecular flexibility index (Phi) is 1.72. The summed E-state index contributed by atoms with van der Waals surface area (Å²) in [4.78, 5) is 12.1. The molecule has 19 heavy (non-hydrogen) atoms. The van der Waals surface area contributed by atoms with Crippen LogP contribution in [0.2, 0.25) is 0 Å². The van der Waals surface area contributed by atoms with E-state index >= 15 is 0 Å². The van der Waals surface area contributed by atoms with Crippen molar-refractivity contribution in [2.75, 3.05) is 0 Å². The first kappa shape index (κ1) is 10.7. The van der Waals surface area contributed by atoms with Crippen LogP contribution < -0.4 is 0 Å². The predicted molar refractivity (Wildman–Crippen MR) is 73.3 cm³/mol. The van der Waals surface area contributed by atoms with Gasteiger partial charge in [-0.15, -0.1) is 4.58 Å². The number of aromatic hydroxyl groups is 1. The van der Waals surface area contributed by atoms with Crippen molar-refractivity contribution in [1.29, 1.82) is 0 Å². The maximum Gasteiger partial charge on any atom is 0.397 e. The van der Waals surface area contributed by atoms with Gasteiger partial charge in [0.05, 0.1) is 5.41 Å². The molecule has 3 nitrogen and oxygen atoms in total. The molecule has 0 spiro atoms. The Morgan fingerprint density at radius 1 is 1.26 bits per heavy atom. The summed E-state index contributed by atoms with van der Waals surface area (Å²) in [7, 11) is 0. The average molecular weight is 252 g/mol. The first-order valence-corrected chi connectivity index (χ1v) is 6.45. The van der Waals surface area contributed by atoms with E-state index in [4.69, 9.17) is 0 Å². The number of carbonyl (C=O) groups is 1. The molecule has 0 unspecified atom stereocenters. The molecular formula is C16H14NO2+. The maximum absolute atomic E-state index is 12.1. The van der Waals surface area contributed by atoms with E-state index in [1.807, 2.05) is 24.4 Å². The minimum absolute atomic E-state index is 0.122. The molecule has 0 fully saturated rings. The summed E-state index contributed by atoms with van der Waals surface area (Å²) in [6.45, 7) is 4.22. The fourth-order valence-electron chi connectivity index (χ4n) is 3.41. The van der Waals surface area contributed by atoms with Crippen LogP contribution >= 0.6 is 0 Å². The monoisotopic (exact) mass is 252 g/mol. The molecule has 94 valence electrons. The highest BCUT2D eigenvalue weighted by Gasteiger charge is 2.48. The van der Waals surface area contributed by atoms with Crippen LogP contribution in [-0.2, 0) is 16.6 Å². The number of hydrogen-bond acceptors (Lipinski definition) is 2. The third-order valence-corrected chi connectivity index (χ3v) is 4.16. The number of hydrogen-bond donors (Lipinski definition) is 1. The quantitative estimate of drug-likeness (QED) is 0.732. The van der Waals surface area contributed by atoms with Crippen molar-refractivity contribution in [3.05, 3.63) is 35.4 Å². The second kappa shape index (κ2) is 3.05. The lowest BCUT2D eigenvalue weighted by Crippen LogP contribution is -2.20. The minimum atomic E-state index is -0.187. The molecule has 4 rings (SSSR count). The molecule has 0 radical (unpaired) electrons. The van der Waals surface area contributed by atoms with Crippen molar-refractivity contribution in [2.45, 2.75) is 25.7 Å². The van der Waals surface area contributed by atoms with Gasteiger partial charge in [-0.25, -0.2) is 4.79 Å². The Morgan fingerprint density at radius 3 is 2.84 bits per heavy atom. The van der Waals surface area contributed by atoms with Crippen molar-refractivity contribution < 1.29 is 14.5 Å². The molecule has 0 atom stereocenters. The molecule has 1 N–H and O–H groups in total. The number of rotatable bonds is 0. The van der Waals surface area contributed by atoms with E-state index in [1.54, 1.807) is 10.6 Å². The van der Waals surface area contributed by atoms with Crippen molar-refractivity contribution in [2.24, 2.45) is 0 Å². The number of carbonyl (C=O) groups excluding carboxylic acids is 1. The smallest absolute Gasteiger partial charge is 0.397 e. The zero-order valence-electron chi connectivity index (χ0n) is 10.9. The number of benzene rings is 2. The molecule has 3 heteroatoms. The third kappa shape index (κ3) is 1.17. The van der Waals surface area contributed by atoms with Crippen molar-refractivity contribution in [3.63, 3.8) is 0 Å². The van der Waals surface area contributed by atoms with Gasteiger partial charge in [0.25, 0.3) is 0 Å². The first-order valence-electron chi connectivity index (χ1n) is 6.45. The van der Waals surface area contributed by atoms with Crippen LogP contribution in [0.4, 0.5) is 5.69 Å². The van der Waals surface area contributed by atoms with Crippen molar-refractivity contribution >= 4 is 28.6 Å². The molecule has 0 aliphatic carbocycles. The molecular weight excluding hydrogens is 238 g/mol. The van der Waals surface area contributed by atoms with Gasteiger partial charge in [0, 0.05) is 16.5 Å². The highest BCUT2D eigenvalue weighted by molar-refractivity contribution is 6.03. The highest BCUT2D eigenvalue weighted by atomic mass is 16.3. The first-order chi connectivity index (χ1) is 8.99. The Hall–Kier alpha value is -2.16. The Bertz CT molecular complexity index is 800. The zero-order chi connectivity index (χ0) is 13.4. The minimum Gasteiger partial charge on any atom is -0.507 e. The third-order valence-electron chi connectivity index (χ3n) is 4.16. The molecule has 2 aliphatic rings. The van der Waals surface area contributed by atoms with Gasteiger partial charge < -0.3 is 5.11 Å². The van der Waals surface area contributed by atoms with Gasteiger partial charge >= 0.3 is 5.91 Å². The fraction of sp³-hybridized carbons (Fsp3) is 0.250. The van der Waals surface area contributed by atoms with Gasteiger partial charge in [0.1, 0.15) is 12.2 Å². The molecule has 2 aromatic carbocycles. The van der Waals surface area contributed by atoms with E-state index in [0.717, 1.165) is 27.6 Å². The van der Waals surface area contributed by atoms with Gasteiger partial charge in [0.15, 0.2) is 6.21 Å². The summed E-state index contributed by atoms with van der Waals surface area (Å²) < 4.78 is 1.79. The lowest BCUT2D eigenvalue weighted by atomic mass is 9.82. The molecule has 0 saturated carbocycles. The van der Waals surface area contributed by atoms with Gasteiger partial charge in [-0.1, -0.05) is 12.1 Å². The number of nitrogens with zero attached hydrogens (tertiary/aromatic N) is 1. The molecule has 0 bridgehead atoms. The summed E-state index contributed by atoms with van der Waals surface area (Å²) in [5.41, 5.74) is 3.03. The standard InChI is InChI=1S/C16H13NO2/c1-16(2)8-17-13(19)7-9-6-11-10(14(16)15(9)17)4-3-5-12(11)18/h3-6,8H,7H2,1-2H3/p+1. The average Bonchev–Trinajstić information content (AvgIpc) is 2.79. The Morgan fingerprint density at radius 2 is 2.05 bits per heavy atom. The second-order valence-corrected chi connectivity index (χ2v) is 5.92. The number of phenols is 1. The van der Waals surface area contributed by atoms with E-state index in [0.29, 0.717) is 6.42 Å². The highest BCUT2D eigenvalue weighted by Crippen LogP contribution is 2.47. The van der Waals surface area contributed by atoms with E-state index in [9.17, 15) is 9.90 Å². The molecule has 2 aliphatic heterocycles. The lowest BCUT2D eigenvalue weighted by Gasteiger charge is -2.15. The lowest BCUT2D eigenvalue weighted by molar-refractivity contribution is -0.352. The summed E-state index contributed by atoms with van der Waals surface area (Å²) in [6, 6.07) is 7.53. The second-order valence-electron chi connectivity index (χ2n) is 5.92. The van der Waals surface area contributed by atoms with E-state index in [-0.39, 0.29) is 17.1 Å². The van der Waals surface area contributed by atoms with Crippen molar-refractivity contribution in [3.8, 4) is 5.75 Å². The molecule has 0 saturated heterocycles. The normalized spacial score (nSPS) is 18.8. The van der Waals surface area contributed by atoms with Crippen LogP contribution in [-0.4, -0.2) is 21.8 Å². The predicted octanol–water partition coefficient (Wildman–Crippen LogP) is 2.63. The summed E-state index contributed by atoms with van der Waals surface area (Å²) in [6.07, 6.45) is 2.43. The van der Waals surface area contributed by atoms with Crippen LogP contribution in [0.1, 0.15) is 25.0 Å². The molecule has 2 aromatic rings. The Balaban J connectivity index is 2.25. The van der Waals surface area contributed by atoms with Crippen molar-refractivity contribution in [1.82, 2.24) is 0 Å². The fourth-order valence-corrected chi connectivity index (χ4v) is 3.41. The van der Waals surface area contributed by atoms with Crippen LogP contribution in [0.5, 0.6) is 5.75 Å². The topological polar surface area (TPSA) is 40.3 Å². The zero-order valence-corrected chi connectivity index (χ0v) is 10.9. The summed E-state index contributed by atoms with van der Waals surface area (Å²) in [5, 5.41) is 11.9. The number of fused-ring (bicyclic) bond motifs is 2. The van der Waals surface area contributed by atoms with Crippen LogP contribution in [0.15, 0.2) is 24.3 Å². The Labute approximate surface area is 110 Å². The van der Waals surface area contributed by atoms with Gasteiger partial charge in [0.2, 0.25) is 5.69 Å². The van der Waals surface area contributed by atoms with Crippen LogP contribution in [0, 0.1) is 0 Å². The maximum atomic E-state index is 12.1. The van der Waals surface area contributed by atoms with E-state index in [2.05, 4.69) is 13.8 Å². The van der Waals surface area contributed by atoms with Crippen LogP contribution in [0.25, 0.3) is 10.8 Å². The molecule has 0 aromatic heterocycles. The molecule has 2 heterocycles. The summed E-state index contributed by atoms with van der Waals surface area (Å²) in [5.74, 6) is 0.404. The largest absolute Gasteiger partial charge is 0.507 e. The number of phenolic OH excluding ortho intramolecular Hbond substituents is 1. The van der Waals surface area contributed by atoms with E-state index < -0.39 is 0 Å². The molecule has 1 amide bonds. The van der Waals surface area contributed by atoms with Gasteiger partial charge in [-0.2, -0.15) is 0 Å². The van der Waals surface area contributed by atoms with Gasteiger partial charge in [-0.05, 0) is 31.4 Å². The SMILES string of the molecule is CC1(C)C=[N+]2C(=O)Cc3cc4c(O)cccc4c1c32. The number of amides is 1. The van der Waals surface area contributed by atoms with Crippen LogP contribution in [0.3, 0.4) is 0 Å². The van der Waals surface area contributed by atoms with E-state index in [1.165, 1.54) is 0 Å². The summed E-state index contributed by atoms with van der Waals surface area (Å²) >= 11 is 0. The van der Waals surface area contributed by atoms with Gasteiger partial charge in [-0.3, -0.25) is 0 Å².